The zero-order valence-electron chi connectivity index (χ0n) is 18.3. The lowest BCUT2D eigenvalue weighted by molar-refractivity contribution is 0.0888. The van der Waals surface area contributed by atoms with Gasteiger partial charge in [0.05, 0.1) is 12.7 Å². The molecule has 9 heteroatoms. The number of benzene rings is 2. The second-order valence-electron chi connectivity index (χ2n) is 7.64. The molecule has 33 heavy (non-hydrogen) atoms. The van der Waals surface area contributed by atoms with Crippen molar-refractivity contribution in [2.45, 2.75) is 39.5 Å². The van der Waals surface area contributed by atoms with E-state index in [4.69, 9.17) is 13.9 Å². The smallest absolute Gasteiger partial charge is 0.339 e. The molecule has 4 aromatic rings. The largest absolute Gasteiger partial charge is 0.491 e. The molecule has 0 radical (unpaired) electrons. The summed E-state index contributed by atoms with van der Waals surface area (Å²) in [6, 6.07) is 12.8. The Labute approximate surface area is 198 Å². The first-order chi connectivity index (χ1) is 15.9. The van der Waals surface area contributed by atoms with Crippen molar-refractivity contribution in [2.24, 2.45) is 0 Å². The molecule has 172 valence electrons. The van der Waals surface area contributed by atoms with Gasteiger partial charge in [-0.3, -0.25) is 0 Å². The zero-order valence-corrected chi connectivity index (χ0v) is 19.9. The molecule has 0 spiro atoms. The van der Waals surface area contributed by atoms with E-state index in [-0.39, 0.29) is 25.4 Å². The van der Waals surface area contributed by atoms with Gasteiger partial charge in [-0.2, -0.15) is 0 Å². The van der Waals surface area contributed by atoms with E-state index in [0.29, 0.717) is 29.0 Å². The van der Waals surface area contributed by atoms with E-state index < -0.39 is 6.10 Å². The Balaban J connectivity index is 1.32. The molecule has 0 amide bonds. The van der Waals surface area contributed by atoms with Crippen LogP contribution in [-0.2, 0) is 19.6 Å². The van der Waals surface area contributed by atoms with Crippen LogP contribution in [-0.4, -0.2) is 32.8 Å². The van der Waals surface area contributed by atoms with Crippen LogP contribution in [0, 0.1) is 6.92 Å². The molecule has 0 saturated carbocycles. The van der Waals surface area contributed by atoms with Crippen LogP contribution in [0.15, 0.2) is 62.3 Å². The molecule has 0 aliphatic heterocycles. The fourth-order valence-corrected chi connectivity index (χ4v) is 3.78. The molecular weight excluding hydrogens is 490 g/mol. The van der Waals surface area contributed by atoms with Crippen molar-refractivity contribution in [3.05, 3.63) is 80.4 Å². The van der Waals surface area contributed by atoms with Gasteiger partial charge in [0.1, 0.15) is 42.1 Å². The number of aliphatic hydroxyl groups excluding tert-OH is 1. The van der Waals surface area contributed by atoms with Crippen LogP contribution < -0.4 is 15.1 Å². The molecular formula is C24H24BrN3O5. The maximum atomic E-state index is 12.1. The van der Waals surface area contributed by atoms with Crippen LogP contribution >= 0.6 is 15.9 Å². The van der Waals surface area contributed by atoms with Crippen LogP contribution in [0.3, 0.4) is 0 Å². The summed E-state index contributed by atoms with van der Waals surface area (Å²) in [6.45, 7) is 4.38. The first-order valence-corrected chi connectivity index (χ1v) is 11.4. The number of fused-ring (bicyclic) bond motifs is 1. The minimum atomic E-state index is -0.807. The first kappa shape index (κ1) is 23.0. The molecule has 2 heterocycles. The number of aromatic nitrogens is 3. The average molecular weight is 514 g/mol. The number of hydrogen-bond donors (Lipinski definition) is 1. The molecule has 8 nitrogen and oxygen atoms in total. The fourth-order valence-electron chi connectivity index (χ4n) is 3.52. The number of rotatable bonds is 9. The van der Waals surface area contributed by atoms with E-state index in [0.717, 1.165) is 21.2 Å². The fraction of sp³-hybridized carbons (Fsp3) is 0.292. The molecule has 0 saturated heterocycles. The third kappa shape index (κ3) is 5.61. The highest BCUT2D eigenvalue weighted by molar-refractivity contribution is 9.10. The van der Waals surface area contributed by atoms with E-state index >= 15 is 0 Å². The molecule has 0 aliphatic carbocycles. The second-order valence-corrected chi connectivity index (χ2v) is 8.56. The van der Waals surface area contributed by atoms with Gasteiger partial charge in [-0.15, -0.1) is 5.10 Å². The lowest BCUT2D eigenvalue weighted by Gasteiger charge is -2.13. The minimum absolute atomic E-state index is 0.0480. The number of halogens is 1. The van der Waals surface area contributed by atoms with Crippen molar-refractivity contribution in [3.63, 3.8) is 0 Å². The quantitative estimate of drug-likeness (QED) is 0.337. The van der Waals surface area contributed by atoms with Gasteiger partial charge in [0.25, 0.3) is 0 Å². The zero-order chi connectivity index (χ0) is 23.4. The minimum Gasteiger partial charge on any atom is -0.491 e. The monoisotopic (exact) mass is 513 g/mol. The second kappa shape index (κ2) is 10.2. The van der Waals surface area contributed by atoms with Gasteiger partial charge in [-0.1, -0.05) is 28.1 Å². The van der Waals surface area contributed by atoms with Crippen molar-refractivity contribution in [3.8, 4) is 11.5 Å². The third-order valence-corrected chi connectivity index (χ3v) is 5.77. The lowest BCUT2D eigenvalue weighted by atomic mass is 10.0. The van der Waals surface area contributed by atoms with Crippen LogP contribution in [0.1, 0.15) is 23.7 Å². The number of hydrogen-bond acceptors (Lipinski definition) is 7. The highest BCUT2D eigenvalue weighted by Gasteiger charge is 2.13. The molecule has 4 rings (SSSR count). The van der Waals surface area contributed by atoms with Crippen LogP contribution in [0.5, 0.6) is 11.5 Å². The van der Waals surface area contributed by atoms with E-state index in [1.165, 1.54) is 0 Å². The van der Waals surface area contributed by atoms with Crippen LogP contribution in [0.25, 0.3) is 11.0 Å². The average Bonchev–Trinajstić information content (AvgIpc) is 3.24. The van der Waals surface area contributed by atoms with Gasteiger partial charge < -0.3 is 19.0 Å². The first-order valence-electron chi connectivity index (χ1n) is 10.6. The Morgan fingerprint density at radius 1 is 1.15 bits per heavy atom. The molecule has 0 aliphatic rings. The van der Waals surface area contributed by atoms with Crippen molar-refractivity contribution in [1.82, 2.24) is 15.0 Å². The predicted molar refractivity (Wildman–Crippen MR) is 127 cm³/mol. The lowest BCUT2D eigenvalue weighted by Crippen LogP contribution is -2.24. The third-order valence-electron chi connectivity index (χ3n) is 5.24. The molecule has 1 unspecified atom stereocenters. The van der Waals surface area contributed by atoms with Crippen LogP contribution in [0.2, 0.25) is 0 Å². The predicted octanol–water partition coefficient (Wildman–Crippen LogP) is 4.04. The van der Waals surface area contributed by atoms with Crippen molar-refractivity contribution in [2.75, 3.05) is 6.61 Å². The summed E-state index contributed by atoms with van der Waals surface area (Å²) in [6.07, 6.45) is 1.54. The van der Waals surface area contributed by atoms with Crippen molar-refractivity contribution >= 4 is 26.9 Å². The Kier molecular flexibility index (Phi) is 7.10. The highest BCUT2D eigenvalue weighted by Crippen LogP contribution is 2.24. The summed E-state index contributed by atoms with van der Waals surface area (Å²) in [5.41, 5.74) is 2.39. The summed E-state index contributed by atoms with van der Waals surface area (Å²) < 4.78 is 19.3. The SMILES string of the molecule is CCc1c(C)c2ccc(OCC(O)Cn3cc(COc4ccc(Br)cc4)nn3)cc2oc1=O. The maximum absolute atomic E-state index is 12.1. The van der Waals surface area contributed by atoms with Crippen LogP contribution in [0.4, 0.5) is 0 Å². The van der Waals surface area contributed by atoms with Gasteiger partial charge in [0.15, 0.2) is 0 Å². The van der Waals surface area contributed by atoms with Crippen molar-refractivity contribution in [1.29, 1.82) is 0 Å². The highest BCUT2D eigenvalue weighted by atomic mass is 79.9. The Morgan fingerprint density at radius 3 is 2.67 bits per heavy atom. The molecule has 2 aromatic carbocycles. The van der Waals surface area contributed by atoms with Gasteiger partial charge in [-0.05, 0) is 55.3 Å². The van der Waals surface area contributed by atoms with E-state index in [2.05, 4.69) is 26.2 Å². The summed E-state index contributed by atoms with van der Waals surface area (Å²) in [4.78, 5) is 12.1. The molecule has 2 aromatic heterocycles. The van der Waals surface area contributed by atoms with Gasteiger partial charge in [0.2, 0.25) is 0 Å². The summed E-state index contributed by atoms with van der Waals surface area (Å²) >= 11 is 3.38. The summed E-state index contributed by atoms with van der Waals surface area (Å²) in [7, 11) is 0. The van der Waals surface area contributed by atoms with Gasteiger partial charge >= 0.3 is 5.63 Å². The Bertz CT molecular complexity index is 1300. The summed E-state index contributed by atoms with van der Waals surface area (Å²) in [5.74, 6) is 1.24. The maximum Gasteiger partial charge on any atom is 0.339 e. The van der Waals surface area contributed by atoms with E-state index in [1.54, 1.807) is 23.0 Å². The normalized spacial score (nSPS) is 12.1. The number of ether oxygens (including phenoxy) is 2. The Morgan fingerprint density at radius 2 is 1.91 bits per heavy atom. The topological polar surface area (TPSA) is 99.6 Å². The molecule has 0 fully saturated rings. The van der Waals surface area contributed by atoms with Gasteiger partial charge in [-0.25, -0.2) is 9.48 Å². The molecule has 1 atom stereocenters. The van der Waals surface area contributed by atoms with E-state index in [9.17, 15) is 9.90 Å². The standard InChI is InChI=1S/C24H24BrN3O5/c1-3-21-15(2)22-9-8-20(10-23(22)33-24(21)30)32-14-18(29)12-28-11-17(26-27-28)13-31-19-6-4-16(25)5-7-19/h4-11,18,29H,3,12-14H2,1-2H3. The van der Waals surface area contributed by atoms with Crippen molar-refractivity contribution < 1.29 is 19.0 Å². The number of aryl methyl sites for hydroxylation is 1. The van der Waals surface area contributed by atoms with Gasteiger partial charge in [0, 0.05) is 21.5 Å². The summed E-state index contributed by atoms with van der Waals surface area (Å²) in [5, 5.41) is 19.3. The number of aliphatic hydroxyl groups is 1. The Hall–Kier alpha value is -3.17. The number of nitrogens with zero attached hydrogens (tertiary/aromatic N) is 3. The van der Waals surface area contributed by atoms with E-state index in [1.807, 2.05) is 44.2 Å². The molecule has 1 N–H and O–H groups in total. The molecule has 0 bridgehead atoms.